The van der Waals surface area contributed by atoms with Crippen LogP contribution in [0.1, 0.15) is 18.4 Å². The fourth-order valence-electron chi connectivity index (χ4n) is 3.16. The first-order valence-corrected chi connectivity index (χ1v) is 9.71. The zero-order valence-corrected chi connectivity index (χ0v) is 16.6. The van der Waals surface area contributed by atoms with Gasteiger partial charge in [-0.25, -0.2) is 4.98 Å². The van der Waals surface area contributed by atoms with Crippen LogP contribution >= 0.6 is 11.6 Å². The van der Waals surface area contributed by atoms with E-state index in [0.29, 0.717) is 36.8 Å². The molecule has 1 fully saturated rings. The van der Waals surface area contributed by atoms with E-state index in [2.05, 4.69) is 15.6 Å². The summed E-state index contributed by atoms with van der Waals surface area (Å²) in [6, 6.07) is 7.94. The Kier molecular flexibility index (Phi) is 6.81. The standard InChI is InChI=1S/C20H20ClF3N4O2/c21-15-4-5-17(26-11-15)27-19(30)13-6-8-28(9-7-13)18(29)12-25-16-3-1-2-14(10-16)20(22,23)24/h1-5,10-11,13,25H,6-9,12H2,(H,26,27,30). The topological polar surface area (TPSA) is 74.3 Å². The van der Waals surface area contributed by atoms with E-state index >= 15 is 0 Å². The Hall–Kier alpha value is -2.81. The summed E-state index contributed by atoms with van der Waals surface area (Å²) < 4.78 is 38.3. The number of rotatable bonds is 5. The maximum atomic E-state index is 12.8. The fourth-order valence-corrected chi connectivity index (χ4v) is 3.28. The van der Waals surface area contributed by atoms with Gasteiger partial charge in [-0.2, -0.15) is 13.2 Å². The van der Waals surface area contributed by atoms with Gasteiger partial charge in [0, 0.05) is 30.9 Å². The van der Waals surface area contributed by atoms with Crippen LogP contribution in [0.25, 0.3) is 0 Å². The van der Waals surface area contributed by atoms with Crippen molar-refractivity contribution in [3.05, 3.63) is 53.2 Å². The van der Waals surface area contributed by atoms with Crippen molar-refractivity contribution in [1.82, 2.24) is 9.88 Å². The minimum atomic E-state index is -4.44. The number of piperidine rings is 1. The monoisotopic (exact) mass is 440 g/mol. The Morgan fingerprint density at radius 2 is 1.90 bits per heavy atom. The first kappa shape index (κ1) is 21.9. The lowest BCUT2D eigenvalue weighted by molar-refractivity contribution is -0.137. The molecule has 1 aromatic carbocycles. The van der Waals surface area contributed by atoms with Gasteiger partial charge in [-0.15, -0.1) is 0 Å². The van der Waals surface area contributed by atoms with Crippen LogP contribution in [0.4, 0.5) is 24.7 Å². The molecule has 160 valence electrons. The number of pyridine rings is 1. The summed E-state index contributed by atoms with van der Waals surface area (Å²) in [4.78, 5) is 30.4. The Morgan fingerprint density at radius 3 is 2.53 bits per heavy atom. The molecule has 10 heteroatoms. The molecule has 1 aliphatic heterocycles. The largest absolute Gasteiger partial charge is 0.416 e. The van der Waals surface area contributed by atoms with Crippen LogP contribution in [0, 0.1) is 5.92 Å². The van der Waals surface area contributed by atoms with Crippen molar-refractivity contribution in [3.63, 3.8) is 0 Å². The lowest BCUT2D eigenvalue weighted by atomic mass is 9.96. The van der Waals surface area contributed by atoms with Crippen molar-refractivity contribution in [2.24, 2.45) is 5.92 Å². The van der Waals surface area contributed by atoms with Crippen molar-refractivity contribution < 1.29 is 22.8 Å². The molecule has 3 rings (SSSR count). The van der Waals surface area contributed by atoms with Crippen LogP contribution in [-0.2, 0) is 15.8 Å². The molecule has 1 saturated heterocycles. The highest BCUT2D eigenvalue weighted by Gasteiger charge is 2.31. The number of aromatic nitrogens is 1. The van der Waals surface area contributed by atoms with Gasteiger partial charge in [0.2, 0.25) is 11.8 Å². The Labute approximate surface area is 176 Å². The first-order chi connectivity index (χ1) is 14.2. The van der Waals surface area contributed by atoms with Gasteiger partial charge in [0.15, 0.2) is 0 Å². The van der Waals surface area contributed by atoms with Crippen molar-refractivity contribution in [2.45, 2.75) is 19.0 Å². The molecule has 0 aliphatic carbocycles. The van der Waals surface area contributed by atoms with Gasteiger partial charge in [-0.3, -0.25) is 9.59 Å². The molecule has 2 N–H and O–H groups in total. The molecule has 2 heterocycles. The van der Waals surface area contributed by atoms with Crippen molar-refractivity contribution in [3.8, 4) is 0 Å². The molecule has 30 heavy (non-hydrogen) atoms. The van der Waals surface area contributed by atoms with Crippen LogP contribution in [0.5, 0.6) is 0 Å². The maximum Gasteiger partial charge on any atom is 0.416 e. The summed E-state index contributed by atoms with van der Waals surface area (Å²) in [5, 5.41) is 5.94. The summed E-state index contributed by atoms with van der Waals surface area (Å²) >= 11 is 5.77. The van der Waals surface area contributed by atoms with Gasteiger partial charge in [-0.05, 0) is 43.2 Å². The van der Waals surface area contributed by atoms with Gasteiger partial charge in [0.25, 0.3) is 0 Å². The third kappa shape index (κ3) is 5.85. The minimum Gasteiger partial charge on any atom is -0.376 e. The van der Waals surface area contributed by atoms with E-state index in [1.807, 2.05) is 0 Å². The number of amides is 2. The van der Waals surface area contributed by atoms with Gasteiger partial charge in [-0.1, -0.05) is 17.7 Å². The molecule has 0 radical (unpaired) electrons. The third-order valence-corrected chi connectivity index (χ3v) is 5.05. The molecule has 6 nitrogen and oxygen atoms in total. The normalized spacial score (nSPS) is 15.0. The predicted molar refractivity (Wildman–Crippen MR) is 107 cm³/mol. The summed E-state index contributed by atoms with van der Waals surface area (Å²) in [5.74, 6) is -0.235. The van der Waals surface area contributed by atoms with E-state index in [1.165, 1.54) is 18.3 Å². The molecule has 1 aliphatic rings. The summed E-state index contributed by atoms with van der Waals surface area (Å²) in [6.07, 6.45) is -2.01. The summed E-state index contributed by atoms with van der Waals surface area (Å²) in [5.41, 5.74) is -0.551. The van der Waals surface area contributed by atoms with Crippen LogP contribution in [0.3, 0.4) is 0 Å². The SMILES string of the molecule is O=C(Nc1ccc(Cl)cn1)C1CCN(C(=O)CNc2cccc(C(F)(F)F)c2)CC1. The summed E-state index contributed by atoms with van der Waals surface area (Å²) in [6.45, 7) is 0.678. The van der Waals surface area contributed by atoms with Gasteiger partial charge < -0.3 is 15.5 Å². The number of anilines is 2. The second kappa shape index (κ2) is 9.34. The zero-order valence-electron chi connectivity index (χ0n) is 15.9. The van der Waals surface area contributed by atoms with Crippen molar-refractivity contribution in [2.75, 3.05) is 30.3 Å². The Morgan fingerprint density at radius 1 is 1.17 bits per heavy atom. The highest BCUT2D eigenvalue weighted by molar-refractivity contribution is 6.30. The summed E-state index contributed by atoms with van der Waals surface area (Å²) in [7, 11) is 0. The number of likely N-dealkylation sites (tertiary alicyclic amines) is 1. The number of nitrogens with one attached hydrogen (secondary N) is 2. The van der Waals surface area contributed by atoms with Gasteiger partial charge in [0.05, 0.1) is 17.1 Å². The second-order valence-corrected chi connectivity index (χ2v) is 7.37. The van der Waals surface area contributed by atoms with Crippen molar-refractivity contribution in [1.29, 1.82) is 0 Å². The van der Waals surface area contributed by atoms with Crippen LogP contribution in [-0.4, -0.2) is 41.3 Å². The lowest BCUT2D eigenvalue weighted by Gasteiger charge is -2.31. The average Bonchev–Trinajstić information content (AvgIpc) is 2.73. The number of benzene rings is 1. The van der Waals surface area contributed by atoms with Crippen LogP contribution < -0.4 is 10.6 Å². The number of hydrogen-bond acceptors (Lipinski definition) is 4. The fraction of sp³-hybridized carbons (Fsp3) is 0.350. The zero-order chi connectivity index (χ0) is 21.7. The van der Waals surface area contributed by atoms with Gasteiger partial charge >= 0.3 is 6.18 Å². The molecule has 1 aromatic heterocycles. The predicted octanol–water partition coefficient (Wildman–Crippen LogP) is 4.04. The Balaban J connectivity index is 1.46. The molecular weight excluding hydrogens is 421 g/mol. The Bertz CT molecular complexity index is 898. The molecule has 0 saturated carbocycles. The average molecular weight is 441 g/mol. The van der Waals surface area contributed by atoms with E-state index in [-0.39, 0.29) is 30.0 Å². The number of nitrogens with zero attached hydrogens (tertiary/aromatic N) is 2. The molecule has 0 spiro atoms. The molecule has 2 aromatic rings. The number of alkyl halides is 3. The molecule has 0 unspecified atom stereocenters. The molecule has 0 bridgehead atoms. The van der Waals surface area contributed by atoms with E-state index in [9.17, 15) is 22.8 Å². The smallest absolute Gasteiger partial charge is 0.376 e. The van der Waals surface area contributed by atoms with Crippen molar-refractivity contribution >= 4 is 34.9 Å². The highest BCUT2D eigenvalue weighted by atomic mass is 35.5. The molecular formula is C20H20ClF3N4O2. The van der Waals surface area contributed by atoms with E-state index in [0.717, 1.165) is 12.1 Å². The quantitative estimate of drug-likeness (QED) is 0.735. The van der Waals surface area contributed by atoms with Gasteiger partial charge in [0.1, 0.15) is 5.82 Å². The van der Waals surface area contributed by atoms with Crippen LogP contribution in [0.2, 0.25) is 5.02 Å². The van der Waals surface area contributed by atoms with Crippen LogP contribution in [0.15, 0.2) is 42.6 Å². The maximum absolute atomic E-state index is 12.8. The number of carbonyl (C=O) groups is 2. The number of hydrogen-bond donors (Lipinski definition) is 2. The molecule has 2 amide bonds. The first-order valence-electron chi connectivity index (χ1n) is 9.34. The van der Waals surface area contributed by atoms with E-state index in [1.54, 1.807) is 17.0 Å². The minimum absolute atomic E-state index is 0.118. The number of carbonyl (C=O) groups excluding carboxylic acids is 2. The van der Waals surface area contributed by atoms with E-state index in [4.69, 9.17) is 11.6 Å². The lowest BCUT2D eigenvalue weighted by Crippen LogP contribution is -2.43. The second-order valence-electron chi connectivity index (χ2n) is 6.94. The highest BCUT2D eigenvalue weighted by Crippen LogP contribution is 2.30. The number of halogens is 4. The molecule has 0 atom stereocenters. The third-order valence-electron chi connectivity index (χ3n) is 4.83. The van der Waals surface area contributed by atoms with E-state index < -0.39 is 11.7 Å².